The third-order valence-electron chi connectivity index (χ3n) is 4.36. The molecule has 128 valence electrons. The largest absolute Gasteiger partial charge is 0.382 e. The number of aliphatic hydroxyl groups excluding tert-OH is 1. The van der Waals surface area contributed by atoms with Crippen LogP contribution in [-0.2, 0) is 13.1 Å². The molecule has 1 aromatic carbocycles. The number of carbonyl (C=O) groups is 1. The van der Waals surface area contributed by atoms with E-state index in [-0.39, 0.29) is 5.91 Å². The Bertz CT molecular complexity index is 861. The number of thiazole rings is 1. The summed E-state index contributed by atoms with van der Waals surface area (Å²) in [6, 6.07) is 11.4. The number of aryl methyl sites for hydroxylation is 1. The van der Waals surface area contributed by atoms with Gasteiger partial charge in [0.2, 0.25) is 0 Å². The van der Waals surface area contributed by atoms with Crippen LogP contribution in [0.25, 0.3) is 0 Å². The predicted octanol–water partition coefficient (Wildman–Crippen LogP) is 2.47. The van der Waals surface area contributed by atoms with Crippen molar-refractivity contribution >= 4 is 17.2 Å². The lowest BCUT2D eigenvalue weighted by molar-refractivity contribution is 0.0750. The third-order valence-corrected chi connectivity index (χ3v) is 5.12. The summed E-state index contributed by atoms with van der Waals surface area (Å²) in [6.07, 6.45) is 1.69. The van der Waals surface area contributed by atoms with Gasteiger partial charge in [-0.1, -0.05) is 30.3 Å². The number of nitrogens with zero attached hydrogens (tertiary/aromatic N) is 4. The lowest BCUT2D eigenvalue weighted by atomic mass is 10.1. The molecule has 1 N–H and O–H groups in total. The average molecular weight is 354 g/mol. The summed E-state index contributed by atoms with van der Waals surface area (Å²) >= 11 is 1.36. The SMILES string of the molecule is O=C(c1cncs1)N1CCCn2nc([C@H](O)c3ccccc3)cc2C1. The molecule has 1 amide bonds. The quantitative estimate of drug-likeness (QED) is 0.784. The zero-order valence-corrected chi connectivity index (χ0v) is 14.4. The molecule has 3 aromatic rings. The summed E-state index contributed by atoms with van der Waals surface area (Å²) in [4.78, 5) is 19.1. The van der Waals surface area contributed by atoms with Gasteiger partial charge in [0.15, 0.2) is 0 Å². The van der Waals surface area contributed by atoms with E-state index >= 15 is 0 Å². The van der Waals surface area contributed by atoms with Crippen LogP contribution < -0.4 is 0 Å². The normalized spacial score (nSPS) is 15.5. The van der Waals surface area contributed by atoms with Crippen LogP contribution in [0.15, 0.2) is 48.1 Å². The maximum atomic E-state index is 12.6. The molecule has 2 aromatic heterocycles. The summed E-state index contributed by atoms with van der Waals surface area (Å²) in [7, 11) is 0. The van der Waals surface area contributed by atoms with Crippen molar-refractivity contribution < 1.29 is 9.90 Å². The fourth-order valence-corrected chi connectivity index (χ4v) is 3.66. The minimum Gasteiger partial charge on any atom is -0.382 e. The Balaban J connectivity index is 1.58. The molecule has 0 saturated heterocycles. The zero-order chi connectivity index (χ0) is 17.2. The highest BCUT2D eigenvalue weighted by Crippen LogP contribution is 2.24. The van der Waals surface area contributed by atoms with Gasteiger partial charge in [0.05, 0.1) is 29.6 Å². The fraction of sp³-hybridized carbons (Fsp3) is 0.278. The maximum absolute atomic E-state index is 12.6. The number of carbonyl (C=O) groups excluding carboxylic acids is 1. The molecule has 7 heteroatoms. The number of hydrogen-bond acceptors (Lipinski definition) is 5. The molecule has 1 atom stereocenters. The van der Waals surface area contributed by atoms with Crippen molar-refractivity contribution in [1.82, 2.24) is 19.7 Å². The number of rotatable bonds is 3. The molecule has 3 heterocycles. The zero-order valence-electron chi connectivity index (χ0n) is 13.6. The maximum Gasteiger partial charge on any atom is 0.265 e. The molecule has 0 fully saturated rings. The molecule has 1 aliphatic rings. The van der Waals surface area contributed by atoms with E-state index in [9.17, 15) is 9.90 Å². The average Bonchev–Trinajstić information content (AvgIpc) is 3.27. The van der Waals surface area contributed by atoms with Gasteiger partial charge in [-0.05, 0) is 18.1 Å². The molecule has 0 spiro atoms. The third kappa shape index (κ3) is 3.20. The number of hydrogen-bond donors (Lipinski definition) is 1. The standard InChI is InChI=1S/C18H18N4O2S/c23-17(13-5-2-1-3-6-13)15-9-14-11-21(7-4-8-22(14)20-15)18(24)16-10-19-12-25-16/h1-3,5-6,9-10,12,17,23H,4,7-8,11H2/t17-/m1/s1. The summed E-state index contributed by atoms with van der Waals surface area (Å²) in [5.74, 6) is 0.00214. The van der Waals surface area contributed by atoms with E-state index in [1.54, 1.807) is 11.7 Å². The van der Waals surface area contributed by atoms with Gasteiger partial charge in [-0.2, -0.15) is 5.10 Å². The highest BCUT2D eigenvalue weighted by molar-refractivity contribution is 7.11. The van der Waals surface area contributed by atoms with Crippen LogP contribution >= 0.6 is 11.3 Å². The molecule has 1 aliphatic heterocycles. The predicted molar refractivity (Wildman–Crippen MR) is 94.2 cm³/mol. The Kier molecular flexibility index (Phi) is 4.33. The van der Waals surface area contributed by atoms with Crippen molar-refractivity contribution in [3.05, 3.63) is 69.9 Å². The second-order valence-electron chi connectivity index (χ2n) is 6.04. The molecular weight excluding hydrogens is 336 g/mol. The van der Waals surface area contributed by atoms with Crippen LogP contribution in [0, 0.1) is 0 Å². The van der Waals surface area contributed by atoms with E-state index in [2.05, 4.69) is 10.1 Å². The van der Waals surface area contributed by atoms with E-state index in [1.807, 2.05) is 46.0 Å². The molecule has 0 aliphatic carbocycles. The Labute approximate surface area is 149 Å². The van der Waals surface area contributed by atoms with Crippen molar-refractivity contribution in [2.45, 2.75) is 25.6 Å². The first-order chi connectivity index (χ1) is 12.2. The van der Waals surface area contributed by atoms with Gasteiger partial charge in [-0.25, -0.2) is 0 Å². The van der Waals surface area contributed by atoms with Gasteiger partial charge < -0.3 is 10.0 Å². The number of fused-ring (bicyclic) bond motifs is 1. The number of aliphatic hydroxyl groups is 1. The number of amides is 1. The smallest absolute Gasteiger partial charge is 0.265 e. The van der Waals surface area contributed by atoms with Gasteiger partial charge in [-0.15, -0.1) is 11.3 Å². The van der Waals surface area contributed by atoms with Crippen LogP contribution in [0.4, 0.5) is 0 Å². The molecule has 4 rings (SSSR count). The first-order valence-corrected chi connectivity index (χ1v) is 9.08. The van der Waals surface area contributed by atoms with Crippen molar-refractivity contribution in [2.24, 2.45) is 0 Å². The minimum atomic E-state index is -0.758. The molecule has 0 radical (unpaired) electrons. The summed E-state index contributed by atoms with van der Waals surface area (Å²) < 4.78 is 1.90. The van der Waals surface area contributed by atoms with Crippen LogP contribution in [-0.4, -0.2) is 37.2 Å². The van der Waals surface area contributed by atoms with Crippen LogP contribution in [0.3, 0.4) is 0 Å². The molecule has 0 bridgehead atoms. The van der Waals surface area contributed by atoms with Crippen LogP contribution in [0.5, 0.6) is 0 Å². The van der Waals surface area contributed by atoms with Crippen molar-refractivity contribution in [3.8, 4) is 0 Å². The highest BCUT2D eigenvalue weighted by atomic mass is 32.1. The van der Waals surface area contributed by atoms with Gasteiger partial charge in [-0.3, -0.25) is 14.5 Å². The van der Waals surface area contributed by atoms with Gasteiger partial charge >= 0.3 is 0 Å². The minimum absolute atomic E-state index is 0.00214. The monoisotopic (exact) mass is 354 g/mol. The summed E-state index contributed by atoms with van der Waals surface area (Å²) in [5, 5.41) is 15.1. The van der Waals surface area contributed by atoms with E-state index in [4.69, 9.17) is 0 Å². The number of benzene rings is 1. The van der Waals surface area contributed by atoms with E-state index < -0.39 is 6.10 Å². The molecule has 0 saturated carbocycles. The lowest BCUT2D eigenvalue weighted by Gasteiger charge is -2.18. The Morgan fingerprint density at radius 1 is 1.24 bits per heavy atom. The number of aromatic nitrogens is 3. The second-order valence-corrected chi connectivity index (χ2v) is 6.93. The lowest BCUT2D eigenvalue weighted by Crippen LogP contribution is -2.30. The first kappa shape index (κ1) is 16.0. The molecule has 25 heavy (non-hydrogen) atoms. The van der Waals surface area contributed by atoms with Crippen molar-refractivity contribution in [3.63, 3.8) is 0 Å². The Morgan fingerprint density at radius 3 is 2.84 bits per heavy atom. The van der Waals surface area contributed by atoms with Crippen molar-refractivity contribution in [2.75, 3.05) is 6.54 Å². The van der Waals surface area contributed by atoms with Gasteiger partial charge in [0.25, 0.3) is 5.91 Å². The topological polar surface area (TPSA) is 71.2 Å². The van der Waals surface area contributed by atoms with E-state index in [0.29, 0.717) is 23.7 Å². The second kappa shape index (κ2) is 6.78. The van der Waals surface area contributed by atoms with Crippen LogP contribution in [0.1, 0.15) is 39.1 Å². The summed E-state index contributed by atoms with van der Waals surface area (Å²) in [6.45, 7) is 1.92. The first-order valence-electron chi connectivity index (χ1n) is 8.20. The van der Waals surface area contributed by atoms with E-state index in [0.717, 1.165) is 24.2 Å². The highest BCUT2D eigenvalue weighted by Gasteiger charge is 2.24. The van der Waals surface area contributed by atoms with Crippen molar-refractivity contribution in [1.29, 1.82) is 0 Å². The Morgan fingerprint density at radius 2 is 2.08 bits per heavy atom. The fourth-order valence-electron chi connectivity index (χ4n) is 3.07. The van der Waals surface area contributed by atoms with Crippen LogP contribution in [0.2, 0.25) is 0 Å². The molecular formula is C18H18N4O2S. The Hall–Kier alpha value is -2.51. The van der Waals surface area contributed by atoms with Gasteiger partial charge in [0.1, 0.15) is 11.0 Å². The van der Waals surface area contributed by atoms with Gasteiger partial charge in [0, 0.05) is 13.1 Å². The van der Waals surface area contributed by atoms with E-state index in [1.165, 1.54) is 11.3 Å². The molecule has 0 unspecified atom stereocenters. The molecule has 6 nitrogen and oxygen atoms in total. The summed E-state index contributed by atoms with van der Waals surface area (Å²) in [5.41, 5.74) is 4.05.